The van der Waals surface area contributed by atoms with Crippen LogP contribution in [0, 0.1) is 5.92 Å². The van der Waals surface area contributed by atoms with Crippen LogP contribution in [0.25, 0.3) is 0 Å². The molecule has 0 aromatic heterocycles. The summed E-state index contributed by atoms with van der Waals surface area (Å²) >= 11 is 3.64. The van der Waals surface area contributed by atoms with Crippen molar-refractivity contribution >= 4 is 15.9 Å². The quantitative estimate of drug-likeness (QED) is 0.861. The van der Waals surface area contributed by atoms with Gasteiger partial charge in [-0.3, -0.25) is 0 Å². The molecule has 1 unspecified atom stereocenters. The van der Waals surface area contributed by atoms with Gasteiger partial charge in [0.2, 0.25) is 0 Å². The standard InChI is InChI=1S/C17H24BrNO2/c18-14-11-17-16(20-8-3-9-21-17)10-13(14)15(19)7-6-12-4-1-2-5-12/h10-12,15H,1-9,19H2. The van der Waals surface area contributed by atoms with Crippen molar-refractivity contribution in [3.63, 3.8) is 0 Å². The van der Waals surface area contributed by atoms with Gasteiger partial charge in [-0.1, -0.05) is 41.6 Å². The van der Waals surface area contributed by atoms with Crippen LogP contribution in [0.4, 0.5) is 0 Å². The Labute approximate surface area is 135 Å². The highest BCUT2D eigenvalue weighted by Crippen LogP contribution is 2.39. The largest absolute Gasteiger partial charge is 0.490 e. The van der Waals surface area contributed by atoms with E-state index in [9.17, 15) is 0 Å². The third kappa shape index (κ3) is 3.72. The Morgan fingerprint density at radius 3 is 2.48 bits per heavy atom. The van der Waals surface area contributed by atoms with E-state index in [-0.39, 0.29) is 6.04 Å². The van der Waals surface area contributed by atoms with Gasteiger partial charge in [0, 0.05) is 16.9 Å². The molecule has 0 amide bonds. The van der Waals surface area contributed by atoms with Crippen LogP contribution < -0.4 is 15.2 Å². The number of ether oxygens (including phenoxy) is 2. The lowest BCUT2D eigenvalue weighted by molar-refractivity contribution is 0.297. The van der Waals surface area contributed by atoms with Crippen LogP contribution in [-0.2, 0) is 0 Å². The highest BCUT2D eigenvalue weighted by Gasteiger charge is 2.20. The van der Waals surface area contributed by atoms with E-state index in [0.29, 0.717) is 13.2 Å². The second-order valence-electron chi connectivity index (χ2n) is 6.21. The highest BCUT2D eigenvalue weighted by molar-refractivity contribution is 9.10. The van der Waals surface area contributed by atoms with Gasteiger partial charge in [-0.2, -0.15) is 0 Å². The zero-order chi connectivity index (χ0) is 14.7. The third-order valence-electron chi connectivity index (χ3n) is 4.63. The van der Waals surface area contributed by atoms with E-state index in [2.05, 4.69) is 22.0 Å². The van der Waals surface area contributed by atoms with Gasteiger partial charge in [0.1, 0.15) is 0 Å². The molecule has 1 saturated carbocycles. The lowest BCUT2D eigenvalue weighted by Gasteiger charge is -2.18. The first-order chi connectivity index (χ1) is 10.2. The molecule has 0 radical (unpaired) electrons. The van der Waals surface area contributed by atoms with Crippen molar-refractivity contribution in [1.82, 2.24) is 0 Å². The van der Waals surface area contributed by atoms with Gasteiger partial charge in [0.25, 0.3) is 0 Å². The predicted octanol–water partition coefficient (Wildman–Crippen LogP) is 4.58. The molecule has 1 aromatic rings. The highest BCUT2D eigenvalue weighted by atomic mass is 79.9. The molecule has 1 atom stereocenters. The van der Waals surface area contributed by atoms with E-state index in [1.807, 2.05) is 6.07 Å². The summed E-state index contributed by atoms with van der Waals surface area (Å²) in [6.07, 6.45) is 8.77. The molecule has 1 aliphatic carbocycles. The average molecular weight is 354 g/mol. The molecule has 21 heavy (non-hydrogen) atoms. The zero-order valence-electron chi connectivity index (χ0n) is 12.4. The van der Waals surface area contributed by atoms with Crippen molar-refractivity contribution in [2.75, 3.05) is 13.2 Å². The number of halogens is 1. The van der Waals surface area contributed by atoms with Crippen LogP contribution in [0.1, 0.15) is 56.6 Å². The molecule has 1 fully saturated rings. The summed E-state index contributed by atoms with van der Waals surface area (Å²) in [4.78, 5) is 0. The Morgan fingerprint density at radius 2 is 1.76 bits per heavy atom. The summed E-state index contributed by atoms with van der Waals surface area (Å²) in [5.41, 5.74) is 7.56. The van der Waals surface area contributed by atoms with Crippen LogP contribution in [0.3, 0.4) is 0 Å². The predicted molar refractivity (Wildman–Crippen MR) is 87.9 cm³/mol. The van der Waals surface area contributed by atoms with Gasteiger partial charge in [-0.15, -0.1) is 0 Å². The van der Waals surface area contributed by atoms with Crippen LogP contribution in [-0.4, -0.2) is 13.2 Å². The second-order valence-corrected chi connectivity index (χ2v) is 7.06. The lowest BCUT2D eigenvalue weighted by Crippen LogP contribution is -2.13. The summed E-state index contributed by atoms with van der Waals surface area (Å²) < 4.78 is 12.5. The topological polar surface area (TPSA) is 44.5 Å². The number of hydrogen-bond acceptors (Lipinski definition) is 3. The SMILES string of the molecule is NC(CCC1CCCC1)c1cc2c(cc1Br)OCCCO2. The van der Waals surface area contributed by atoms with Crippen molar-refractivity contribution in [2.45, 2.75) is 51.0 Å². The van der Waals surface area contributed by atoms with E-state index in [1.54, 1.807) is 0 Å². The Kier molecular flexibility index (Phi) is 5.07. The molecule has 116 valence electrons. The van der Waals surface area contributed by atoms with Gasteiger partial charge < -0.3 is 15.2 Å². The average Bonchev–Trinajstić information content (AvgIpc) is 2.89. The summed E-state index contributed by atoms with van der Waals surface area (Å²) in [5, 5.41) is 0. The Bertz CT molecular complexity index is 486. The fraction of sp³-hybridized carbons (Fsp3) is 0.647. The molecule has 0 bridgehead atoms. The van der Waals surface area contributed by atoms with Gasteiger partial charge in [0.05, 0.1) is 13.2 Å². The van der Waals surface area contributed by atoms with Gasteiger partial charge in [0.15, 0.2) is 11.5 Å². The second kappa shape index (κ2) is 7.01. The third-order valence-corrected chi connectivity index (χ3v) is 5.31. The van der Waals surface area contributed by atoms with Crippen molar-refractivity contribution in [1.29, 1.82) is 0 Å². The summed E-state index contributed by atoms with van der Waals surface area (Å²) in [7, 11) is 0. The van der Waals surface area contributed by atoms with Crippen molar-refractivity contribution in [2.24, 2.45) is 11.7 Å². The minimum absolute atomic E-state index is 0.0668. The molecule has 1 aliphatic heterocycles. The molecule has 0 spiro atoms. The van der Waals surface area contributed by atoms with Gasteiger partial charge in [-0.05, 0) is 36.5 Å². The van der Waals surface area contributed by atoms with Crippen molar-refractivity contribution in [3.05, 3.63) is 22.2 Å². The number of nitrogens with two attached hydrogens (primary N) is 1. The van der Waals surface area contributed by atoms with Crippen LogP contribution in [0.2, 0.25) is 0 Å². The van der Waals surface area contributed by atoms with Crippen molar-refractivity contribution in [3.8, 4) is 11.5 Å². The fourth-order valence-corrected chi connectivity index (χ4v) is 3.97. The van der Waals surface area contributed by atoms with E-state index in [1.165, 1.54) is 32.1 Å². The smallest absolute Gasteiger partial charge is 0.162 e. The first-order valence-corrected chi connectivity index (χ1v) is 8.88. The molecule has 4 heteroatoms. The molecule has 3 nitrogen and oxygen atoms in total. The van der Waals surface area contributed by atoms with Gasteiger partial charge in [-0.25, -0.2) is 0 Å². The molecular weight excluding hydrogens is 330 g/mol. The van der Waals surface area contributed by atoms with Crippen LogP contribution >= 0.6 is 15.9 Å². The molecule has 0 saturated heterocycles. The number of hydrogen-bond donors (Lipinski definition) is 1. The summed E-state index contributed by atoms with van der Waals surface area (Å²) in [5.74, 6) is 2.54. The first-order valence-electron chi connectivity index (χ1n) is 8.08. The van der Waals surface area contributed by atoms with E-state index >= 15 is 0 Å². The zero-order valence-corrected chi connectivity index (χ0v) is 14.0. The maximum Gasteiger partial charge on any atom is 0.162 e. The first kappa shape index (κ1) is 15.2. The maximum atomic E-state index is 6.42. The number of rotatable bonds is 4. The fourth-order valence-electron chi connectivity index (χ4n) is 3.35. The molecule has 3 rings (SSSR count). The van der Waals surface area contributed by atoms with Crippen LogP contribution in [0.5, 0.6) is 11.5 Å². The minimum Gasteiger partial charge on any atom is -0.490 e. The van der Waals surface area contributed by atoms with Crippen LogP contribution in [0.15, 0.2) is 16.6 Å². The molecule has 2 N–H and O–H groups in total. The molecule has 2 aliphatic rings. The monoisotopic (exact) mass is 353 g/mol. The lowest BCUT2D eigenvalue weighted by atomic mass is 9.95. The minimum atomic E-state index is 0.0668. The maximum absolute atomic E-state index is 6.42. The van der Waals surface area contributed by atoms with E-state index in [4.69, 9.17) is 15.2 Å². The Balaban J connectivity index is 1.69. The van der Waals surface area contributed by atoms with Crippen molar-refractivity contribution < 1.29 is 9.47 Å². The molecule has 1 aromatic carbocycles. The summed E-state index contributed by atoms with van der Waals surface area (Å²) in [6, 6.07) is 4.13. The normalized spacial score (nSPS) is 20.3. The number of fused-ring (bicyclic) bond motifs is 1. The van der Waals surface area contributed by atoms with E-state index in [0.717, 1.165) is 40.3 Å². The summed E-state index contributed by atoms with van der Waals surface area (Å²) in [6.45, 7) is 1.43. The molecular formula is C17H24BrNO2. The Morgan fingerprint density at radius 1 is 1.10 bits per heavy atom. The van der Waals surface area contributed by atoms with E-state index < -0.39 is 0 Å². The Hall–Kier alpha value is -0.740. The van der Waals surface area contributed by atoms with Gasteiger partial charge >= 0.3 is 0 Å². The molecule has 1 heterocycles. The number of benzene rings is 1.